The molecule has 1 amide bonds. The summed E-state index contributed by atoms with van der Waals surface area (Å²) in [5, 5.41) is 16.1. The van der Waals surface area contributed by atoms with Gasteiger partial charge in [0.05, 0.1) is 12.5 Å². The van der Waals surface area contributed by atoms with Gasteiger partial charge in [-0.15, -0.1) is 0 Å². The van der Waals surface area contributed by atoms with Crippen molar-refractivity contribution in [3.05, 3.63) is 18.0 Å². The first kappa shape index (κ1) is 12.1. The van der Waals surface area contributed by atoms with Crippen LogP contribution in [-0.2, 0) is 11.2 Å². The van der Waals surface area contributed by atoms with Gasteiger partial charge in [0.25, 0.3) is 0 Å². The molecule has 5 heteroatoms. The fourth-order valence-corrected chi connectivity index (χ4v) is 2.29. The second-order valence-electron chi connectivity index (χ2n) is 4.72. The van der Waals surface area contributed by atoms with Crippen LogP contribution in [0.3, 0.4) is 0 Å². The molecule has 1 fully saturated rings. The molecule has 0 saturated carbocycles. The van der Waals surface area contributed by atoms with Crippen LogP contribution < -0.4 is 0 Å². The fraction of sp³-hybridized carbons (Fsp3) is 0.667. The Morgan fingerprint density at radius 3 is 2.88 bits per heavy atom. The lowest BCUT2D eigenvalue weighted by atomic mass is 9.92. The molecule has 94 valence electrons. The van der Waals surface area contributed by atoms with E-state index in [0.29, 0.717) is 12.3 Å². The first-order valence-corrected chi connectivity index (χ1v) is 6.11. The molecule has 5 nitrogen and oxygen atoms in total. The van der Waals surface area contributed by atoms with E-state index >= 15 is 0 Å². The van der Waals surface area contributed by atoms with Crippen LogP contribution in [0.1, 0.15) is 25.5 Å². The largest absolute Gasteiger partial charge is 0.393 e. The van der Waals surface area contributed by atoms with Gasteiger partial charge in [0, 0.05) is 25.0 Å². The van der Waals surface area contributed by atoms with Gasteiger partial charge in [0.2, 0.25) is 5.91 Å². The summed E-state index contributed by atoms with van der Waals surface area (Å²) < 4.78 is 0. The maximum absolute atomic E-state index is 12.0. The van der Waals surface area contributed by atoms with E-state index in [1.54, 1.807) is 6.20 Å². The fourth-order valence-electron chi connectivity index (χ4n) is 2.29. The summed E-state index contributed by atoms with van der Waals surface area (Å²) in [5.74, 6) is 0.476. The van der Waals surface area contributed by atoms with Gasteiger partial charge >= 0.3 is 0 Å². The molecule has 1 saturated heterocycles. The number of rotatable bonds is 3. The minimum Gasteiger partial charge on any atom is -0.393 e. The van der Waals surface area contributed by atoms with Crippen LogP contribution in [0, 0.1) is 5.92 Å². The third-order valence-electron chi connectivity index (χ3n) is 3.47. The number of nitrogens with one attached hydrogen (secondary N) is 1. The highest BCUT2D eigenvalue weighted by atomic mass is 16.3. The average molecular weight is 237 g/mol. The first-order chi connectivity index (χ1) is 8.16. The topological polar surface area (TPSA) is 69.2 Å². The number of nitrogens with zero attached hydrogens (tertiary/aromatic N) is 2. The Labute approximate surface area is 101 Å². The van der Waals surface area contributed by atoms with Crippen LogP contribution in [0.15, 0.2) is 12.3 Å². The molecule has 0 spiro atoms. The summed E-state index contributed by atoms with van der Waals surface area (Å²) in [6.07, 6.45) is 3.57. The Hall–Kier alpha value is -1.36. The summed E-state index contributed by atoms with van der Waals surface area (Å²) in [6.45, 7) is 3.33. The van der Waals surface area contributed by atoms with E-state index in [-0.39, 0.29) is 12.0 Å². The van der Waals surface area contributed by atoms with Crippen molar-refractivity contribution < 1.29 is 9.90 Å². The Morgan fingerprint density at radius 1 is 1.65 bits per heavy atom. The normalized spacial score (nSPS) is 19.3. The number of carbonyl (C=O) groups excluding carboxylic acids is 1. The van der Waals surface area contributed by atoms with Crippen LogP contribution >= 0.6 is 0 Å². The van der Waals surface area contributed by atoms with E-state index in [4.69, 9.17) is 0 Å². The van der Waals surface area contributed by atoms with Gasteiger partial charge in [-0.1, -0.05) is 0 Å². The highest BCUT2D eigenvalue weighted by molar-refractivity contribution is 5.78. The molecule has 0 aliphatic carbocycles. The monoisotopic (exact) mass is 237 g/mol. The number of carbonyl (C=O) groups is 1. The van der Waals surface area contributed by atoms with E-state index in [0.717, 1.165) is 31.6 Å². The van der Waals surface area contributed by atoms with E-state index in [1.165, 1.54) is 0 Å². The summed E-state index contributed by atoms with van der Waals surface area (Å²) in [6, 6.07) is 1.82. The summed E-state index contributed by atoms with van der Waals surface area (Å²) in [7, 11) is 0. The van der Waals surface area contributed by atoms with Gasteiger partial charge in [-0.2, -0.15) is 5.10 Å². The Morgan fingerprint density at radius 2 is 2.35 bits per heavy atom. The van der Waals surface area contributed by atoms with Crippen molar-refractivity contribution >= 4 is 5.91 Å². The molecule has 1 aliphatic heterocycles. The molecule has 0 aromatic carbocycles. The lowest BCUT2D eigenvalue weighted by molar-refractivity contribution is -0.132. The van der Waals surface area contributed by atoms with Crippen LogP contribution in [0.2, 0.25) is 0 Å². The van der Waals surface area contributed by atoms with E-state index < -0.39 is 0 Å². The third kappa shape index (κ3) is 3.06. The average Bonchev–Trinajstić information content (AvgIpc) is 2.82. The van der Waals surface area contributed by atoms with Crippen molar-refractivity contribution in [3.8, 4) is 0 Å². The lowest BCUT2D eigenvalue weighted by Gasteiger charge is -2.33. The number of H-pyrrole nitrogens is 1. The van der Waals surface area contributed by atoms with Crippen molar-refractivity contribution in [2.75, 3.05) is 13.1 Å². The second kappa shape index (κ2) is 5.31. The van der Waals surface area contributed by atoms with Gasteiger partial charge in [0.15, 0.2) is 0 Å². The molecule has 1 atom stereocenters. The van der Waals surface area contributed by atoms with Crippen molar-refractivity contribution in [1.82, 2.24) is 15.1 Å². The van der Waals surface area contributed by atoms with E-state index in [2.05, 4.69) is 10.2 Å². The van der Waals surface area contributed by atoms with Gasteiger partial charge in [-0.05, 0) is 31.7 Å². The second-order valence-corrected chi connectivity index (χ2v) is 4.72. The molecule has 1 aromatic rings. The highest BCUT2D eigenvalue weighted by Crippen LogP contribution is 2.20. The smallest absolute Gasteiger partial charge is 0.228 e. The van der Waals surface area contributed by atoms with Gasteiger partial charge in [-0.3, -0.25) is 9.89 Å². The first-order valence-electron chi connectivity index (χ1n) is 6.11. The number of likely N-dealkylation sites (tertiary alicyclic amines) is 1. The number of aliphatic hydroxyl groups excluding tert-OH is 1. The van der Waals surface area contributed by atoms with Gasteiger partial charge in [-0.25, -0.2) is 0 Å². The summed E-state index contributed by atoms with van der Waals surface area (Å²) >= 11 is 0. The Kier molecular flexibility index (Phi) is 3.78. The number of aliphatic hydroxyl groups is 1. The molecule has 0 radical (unpaired) electrons. The number of aromatic amines is 1. The zero-order chi connectivity index (χ0) is 12.3. The number of aromatic nitrogens is 2. The minimum absolute atomic E-state index is 0.137. The number of hydrogen-bond donors (Lipinski definition) is 2. The van der Waals surface area contributed by atoms with Crippen molar-refractivity contribution in [2.24, 2.45) is 5.92 Å². The molecule has 2 N–H and O–H groups in total. The summed E-state index contributed by atoms with van der Waals surface area (Å²) in [5.41, 5.74) is 0.854. The van der Waals surface area contributed by atoms with Crippen molar-refractivity contribution in [1.29, 1.82) is 0 Å². The maximum atomic E-state index is 12.0. The quantitative estimate of drug-likeness (QED) is 0.807. The maximum Gasteiger partial charge on any atom is 0.228 e. The highest BCUT2D eigenvalue weighted by Gasteiger charge is 2.25. The Balaban J connectivity index is 1.82. The van der Waals surface area contributed by atoms with Gasteiger partial charge in [0.1, 0.15) is 0 Å². The number of amides is 1. The van der Waals surface area contributed by atoms with Crippen LogP contribution in [0.4, 0.5) is 0 Å². The zero-order valence-corrected chi connectivity index (χ0v) is 10.1. The predicted octanol–water partition coefficient (Wildman–Crippen LogP) is 0.572. The molecule has 2 heterocycles. The predicted molar refractivity (Wildman–Crippen MR) is 63.3 cm³/mol. The standard InChI is InChI=1S/C12H19N3O2/c1-9(16)10-3-6-15(7-4-10)12(17)8-11-2-5-13-14-11/h2,5,9-10,16H,3-4,6-8H2,1H3,(H,13,14). The van der Waals surface area contributed by atoms with Crippen molar-refractivity contribution in [3.63, 3.8) is 0 Å². The molecular weight excluding hydrogens is 218 g/mol. The van der Waals surface area contributed by atoms with Crippen LogP contribution in [-0.4, -0.2) is 45.3 Å². The SMILES string of the molecule is CC(O)C1CCN(C(=O)Cc2ccn[nH]2)CC1. The molecule has 0 bridgehead atoms. The molecule has 17 heavy (non-hydrogen) atoms. The van der Waals surface area contributed by atoms with Crippen LogP contribution in [0.25, 0.3) is 0 Å². The van der Waals surface area contributed by atoms with Gasteiger partial charge < -0.3 is 10.0 Å². The number of hydrogen-bond acceptors (Lipinski definition) is 3. The van der Waals surface area contributed by atoms with Crippen molar-refractivity contribution in [2.45, 2.75) is 32.3 Å². The molecular formula is C12H19N3O2. The molecule has 1 aromatic heterocycles. The lowest BCUT2D eigenvalue weighted by Crippen LogP contribution is -2.41. The van der Waals surface area contributed by atoms with E-state index in [9.17, 15) is 9.90 Å². The molecule has 1 unspecified atom stereocenters. The zero-order valence-electron chi connectivity index (χ0n) is 10.1. The third-order valence-corrected chi connectivity index (χ3v) is 3.47. The minimum atomic E-state index is -0.264. The number of piperidine rings is 1. The van der Waals surface area contributed by atoms with Crippen LogP contribution in [0.5, 0.6) is 0 Å². The molecule has 2 rings (SSSR count). The summed E-state index contributed by atoms with van der Waals surface area (Å²) in [4.78, 5) is 13.8. The Bertz CT molecular complexity index is 354. The van der Waals surface area contributed by atoms with E-state index in [1.807, 2.05) is 17.9 Å². The molecule has 1 aliphatic rings.